The third-order valence-corrected chi connectivity index (χ3v) is 8.37. The number of amides is 2. The second-order valence-corrected chi connectivity index (χ2v) is 10.8. The molecule has 0 bridgehead atoms. The summed E-state index contributed by atoms with van der Waals surface area (Å²) in [5.74, 6) is 0.775. The molecule has 1 N–H and O–H groups in total. The molecule has 0 saturated carbocycles. The zero-order valence-electron chi connectivity index (χ0n) is 21.3. The molecule has 4 aromatic carbocycles. The zero-order valence-corrected chi connectivity index (χ0v) is 22.1. The lowest BCUT2D eigenvalue weighted by Gasteiger charge is -2.24. The topological polar surface area (TPSA) is 84.9 Å². The Balaban J connectivity index is 1.34. The van der Waals surface area contributed by atoms with Gasteiger partial charge in [-0.2, -0.15) is 0 Å². The fraction of sp³-hybridized carbons (Fsp3) is 0.161. The van der Waals surface area contributed by atoms with Crippen molar-refractivity contribution in [3.05, 3.63) is 113 Å². The molecule has 7 nitrogen and oxygen atoms in total. The Morgan fingerprint density at radius 2 is 1.64 bits per heavy atom. The number of anilines is 1. The first kappa shape index (κ1) is 24.9. The van der Waals surface area contributed by atoms with Crippen LogP contribution in [0.15, 0.2) is 101 Å². The number of ether oxygens (including phenoxy) is 2. The van der Waals surface area contributed by atoms with E-state index in [0.717, 1.165) is 11.1 Å². The first-order valence-electron chi connectivity index (χ1n) is 12.7. The fourth-order valence-electron chi connectivity index (χ4n) is 4.82. The van der Waals surface area contributed by atoms with E-state index < -0.39 is 10.8 Å². The number of benzene rings is 4. The van der Waals surface area contributed by atoms with Gasteiger partial charge in [-0.3, -0.25) is 9.59 Å². The quantitative estimate of drug-likeness (QED) is 0.374. The third-order valence-electron chi connectivity index (χ3n) is 6.87. The number of carbonyl (C=O) groups excluding carboxylic acids is 2. The molecule has 4 aromatic rings. The lowest BCUT2D eigenvalue weighted by molar-refractivity contribution is 0.0937. The standard InChI is InChI=1S/C31H26N2O5S/c1-20(22-11-13-26-27(18-22)38-16-15-37-26)32-30(34)23-12-14-29-25(17-23)33(19-21-7-3-2-4-8-21)31(35)24-9-5-6-10-28(24)39(29)36/h2-14,17-18,20H,15-16,19H2,1H3,(H,32,34)/t20-,39+/m1/s1. The second kappa shape index (κ2) is 10.4. The Bertz CT molecular complexity index is 1600. The number of carbonyl (C=O) groups is 2. The van der Waals surface area contributed by atoms with Crippen LogP contribution in [0, 0.1) is 0 Å². The maximum Gasteiger partial charge on any atom is 0.259 e. The number of fused-ring (bicyclic) bond motifs is 3. The Kier molecular flexibility index (Phi) is 6.62. The Labute approximate surface area is 228 Å². The summed E-state index contributed by atoms with van der Waals surface area (Å²) in [6.07, 6.45) is 0. The van der Waals surface area contributed by atoms with Gasteiger partial charge in [0.05, 0.1) is 44.4 Å². The van der Waals surface area contributed by atoms with E-state index in [0.29, 0.717) is 51.3 Å². The van der Waals surface area contributed by atoms with Gasteiger partial charge in [-0.25, -0.2) is 4.21 Å². The third kappa shape index (κ3) is 4.79. The van der Waals surface area contributed by atoms with Crippen molar-refractivity contribution in [3.63, 3.8) is 0 Å². The molecule has 6 rings (SSSR count). The molecular weight excluding hydrogens is 512 g/mol. The van der Waals surface area contributed by atoms with Crippen LogP contribution in [0.2, 0.25) is 0 Å². The average Bonchev–Trinajstić information content (AvgIpc) is 3.06. The molecule has 0 fully saturated rings. The molecule has 2 aliphatic rings. The maximum atomic E-state index is 13.8. The number of nitrogens with one attached hydrogen (secondary N) is 1. The highest BCUT2D eigenvalue weighted by molar-refractivity contribution is 7.85. The Morgan fingerprint density at radius 3 is 2.46 bits per heavy atom. The molecular formula is C31H26N2O5S. The van der Waals surface area contributed by atoms with Crippen molar-refractivity contribution >= 4 is 28.3 Å². The fourth-order valence-corrected chi connectivity index (χ4v) is 6.17. The van der Waals surface area contributed by atoms with Crippen LogP contribution in [-0.4, -0.2) is 29.2 Å². The lowest BCUT2D eigenvalue weighted by Crippen LogP contribution is -2.31. The number of hydrogen-bond donors (Lipinski definition) is 1. The molecule has 2 atom stereocenters. The molecule has 196 valence electrons. The van der Waals surface area contributed by atoms with Gasteiger partial charge < -0.3 is 19.7 Å². The van der Waals surface area contributed by atoms with Gasteiger partial charge in [-0.15, -0.1) is 0 Å². The lowest BCUT2D eigenvalue weighted by atomic mass is 10.1. The SMILES string of the molecule is C[C@@H](NC(=O)c1ccc2c(c1)N(Cc1ccccc1)C(=O)c1ccccc1[S@@]2=O)c1ccc2c(c1)OCCO2. The molecule has 0 radical (unpaired) electrons. The normalized spacial score (nSPS) is 16.5. The van der Waals surface area contributed by atoms with Crippen LogP contribution in [0.3, 0.4) is 0 Å². The van der Waals surface area contributed by atoms with Crippen molar-refractivity contribution < 1.29 is 23.3 Å². The van der Waals surface area contributed by atoms with Crippen molar-refractivity contribution in [1.29, 1.82) is 0 Å². The predicted octanol–water partition coefficient (Wildman–Crippen LogP) is 5.28. The van der Waals surface area contributed by atoms with Gasteiger partial charge in [0.2, 0.25) is 0 Å². The molecule has 0 spiro atoms. The van der Waals surface area contributed by atoms with Gasteiger partial charge in [-0.05, 0) is 60.5 Å². The van der Waals surface area contributed by atoms with Crippen molar-refractivity contribution in [3.8, 4) is 11.5 Å². The highest BCUT2D eigenvalue weighted by Crippen LogP contribution is 2.36. The molecule has 0 saturated heterocycles. The maximum absolute atomic E-state index is 13.8. The van der Waals surface area contributed by atoms with E-state index in [1.165, 1.54) is 0 Å². The van der Waals surface area contributed by atoms with Crippen LogP contribution in [0.1, 0.15) is 44.8 Å². The van der Waals surface area contributed by atoms with E-state index in [2.05, 4.69) is 5.32 Å². The van der Waals surface area contributed by atoms with Gasteiger partial charge in [0.25, 0.3) is 11.8 Å². The van der Waals surface area contributed by atoms with E-state index in [9.17, 15) is 13.8 Å². The van der Waals surface area contributed by atoms with Crippen molar-refractivity contribution in [2.45, 2.75) is 29.3 Å². The molecule has 2 amide bonds. The van der Waals surface area contributed by atoms with Gasteiger partial charge in [0.1, 0.15) is 13.2 Å². The van der Waals surface area contributed by atoms with Crippen LogP contribution in [-0.2, 0) is 17.3 Å². The van der Waals surface area contributed by atoms with Crippen LogP contribution >= 0.6 is 0 Å². The minimum atomic E-state index is -1.59. The Morgan fingerprint density at radius 1 is 0.897 bits per heavy atom. The monoisotopic (exact) mass is 538 g/mol. The predicted molar refractivity (Wildman–Crippen MR) is 148 cm³/mol. The van der Waals surface area contributed by atoms with E-state index in [1.54, 1.807) is 47.4 Å². The summed E-state index contributed by atoms with van der Waals surface area (Å²) in [5.41, 5.74) is 3.01. The average molecular weight is 539 g/mol. The van der Waals surface area contributed by atoms with E-state index in [4.69, 9.17) is 9.47 Å². The summed E-state index contributed by atoms with van der Waals surface area (Å²) in [4.78, 5) is 29.7. The zero-order chi connectivity index (χ0) is 26.9. The Hall–Kier alpha value is -4.43. The minimum absolute atomic E-state index is 0.260. The summed E-state index contributed by atoms with van der Waals surface area (Å²) in [7, 11) is -1.59. The summed E-state index contributed by atoms with van der Waals surface area (Å²) >= 11 is 0. The summed E-state index contributed by atoms with van der Waals surface area (Å²) in [5, 5.41) is 3.03. The van der Waals surface area contributed by atoms with E-state index in [1.807, 2.05) is 55.5 Å². The first-order valence-corrected chi connectivity index (χ1v) is 13.9. The number of rotatable bonds is 5. The molecule has 0 unspecified atom stereocenters. The highest BCUT2D eigenvalue weighted by atomic mass is 32.2. The molecule has 8 heteroatoms. The van der Waals surface area contributed by atoms with Crippen LogP contribution in [0.25, 0.3) is 0 Å². The number of nitrogens with zero attached hydrogens (tertiary/aromatic N) is 1. The number of hydrogen-bond acceptors (Lipinski definition) is 5. The van der Waals surface area contributed by atoms with Crippen LogP contribution in [0.5, 0.6) is 11.5 Å². The van der Waals surface area contributed by atoms with Gasteiger partial charge in [0, 0.05) is 5.56 Å². The smallest absolute Gasteiger partial charge is 0.259 e. The van der Waals surface area contributed by atoms with Crippen molar-refractivity contribution in [2.75, 3.05) is 18.1 Å². The van der Waals surface area contributed by atoms with Crippen molar-refractivity contribution in [2.24, 2.45) is 0 Å². The van der Waals surface area contributed by atoms with Crippen LogP contribution < -0.4 is 19.7 Å². The second-order valence-electron chi connectivity index (χ2n) is 9.42. The van der Waals surface area contributed by atoms with Gasteiger partial charge in [-0.1, -0.05) is 48.5 Å². The summed E-state index contributed by atoms with van der Waals surface area (Å²) in [6.45, 7) is 3.16. The minimum Gasteiger partial charge on any atom is -0.486 e. The molecule has 2 heterocycles. The van der Waals surface area contributed by atoms with E-state index in [-0.39, 0.29) is 24.4 Å². The largest absolute Gasteiger partial charge is 0.486 e. The van der Waals surface area contributed by atoms with Gasteiger partial charge in [0.15, 0.2) is 11.5 Å². The molecule has 0 aliphatic carbocycles. The highest BCUT2D eigenvalue weighted by Gasteiger charge is 2.31. The van der Waals surface area contributed by atoms with Crippen molar-refractivity contribution in [1.82, 2.24) is 5.32 Å². The molecule has 2 aliphatic heterocycles. The van der Waals surface area contributed by atoms with Crippen LogP contribution in [0.4, 0.5) is 5.69 Å². The summed E-state index contributed by atoms with van der Waals surface area (Å²) in [6, 6.07) is 26.9. The van der Waals surface area contributed by atoms with E-state index >= 15 is 0 Å². The molecule has 39 heavy (non-hydrogen) atoms. The van der Waals surface area contributed by atoms with Gasteiger partial charge >= 0.3 is 0 Å². The first-order chi connectivity index (χ1) is 19.0. The summed E-state index contributed by atoms with van der Waals surface area (Å²) < 4.78 is 24.9. The molecule has 0 aromatic heterocycles.